The molecular formula is C11H13ClN2O3. The first-order valence-corrected chi connectivity index (χ1v) is 5.35. The normalized spacial score (nSPS) is 11.9. The number of carbonyl (C=O) groups excluding carboxylic acids is 1. The highest BCUT2D eigenvalue weighted by molar-refractivity contribution is 6.31. The molecule has 0 aliphatic carbocycles. The largest absolute Gasteiger partial charge is 0.481 e. The Bertz CT molecular complexity index is 448. The molecule has 1 unspecified atom stereocenters. The lowest BCUT2D eigenvalue weighted by Gasteiger charge is -2.12. The summed E-state index contributed by atoms with van der Waals surface area (Å²) in [7, 11) is 0. The molecule has 0 aliphatic rings. The fraction of sp³-hybridized carbons (Fsp3) is 0.273. The monoisotopic (exact) mass is 256 g/mol. The van der Waals surface area contributed by atoms with Gasteiger partial charge in [-0.15, -0.1) is 0 Å². The second-order valence-electron chi connectivity index (χ2n) is 3.67. The molecule has 0 radical (unpaired) electrons. The molecule has 0 spiro atoms. The Kier molecular flexibility index (Phi) is 4.34. The number of primary amides is 1. The minimum atomic E-state index is -0.917. The molecule has 1 atom stereocenters. The van der Waals surface area contributed by atoms with Gasteiger partial charge in [-0.1, -0.05) is 18.5 Å². The summed E-state index contributed by atoms with van der Waals surface area (Å²) in [6.45, 7) is 1.75. The van der Waals surface area contributed by atoms with E-state index in [9.17, 15) is 9.59 Å². The van der Waals surface area contributed by atoms with Crippen LogP contribution >= 0.6 is 11.6 Å². The molecule has 1 aromatic carbocycles. The van der Waals surface area contributed by atoms with Gasteiger partial charge >= 0.3 is 5.97 Å². The number of amides is 1. The second kappa shape index (κ2) is 5.54. The van der Waals surface area contributed by atoms with Gasteiger partial charge in [0.25, 0.3) is 5.91 Å². The third-order valence-corrected chi connectivity index (χ3v) is 2.50. The molecular weight excluding hydrogens is 244 g/mol. The Morgan fingerprint density at radius 1 is 1.53 bits per heavy atom. The first-order chi connectivity index (χ1) is 7.91. The van der Waals surface area contributed by atoms with E-state index in [0.29, 0.717) is 10.7 Å². The lowest BCUT2D eigenvalue weighted by atomic mass is 10.1. The average molecular weight is 257 g/mol. The summed E-state index contributed by atoms with van der Waals surface area (Å²) in [5.41, 5.74) is 5.92. The molecule has 0 fully saturated rings. The summed E-state index contributed by atoms with van der Waals surface area (Å²) < 4.78 is 0. The van der Waals surface area contributed by atoms with E-state index in [0.717, 1.165) is 0 Å². The van der Waals surface area contributed by atoms with Gasteiger partial charge in [0, 0.05) is 17.3 Å². The summed E-state index contributed by atoms with van der Waals surface area (Å²) in [5.74, 6) is -2.08. The van der Waals surface area contributed by atoms with Crippen LogP contribution in [-0.2, 0) is 4.79 Å². The third-order valence-electron chi connectivity index (χ3n) is 2.27. The number of halogens is 1. The van der Waals surface area contributed by atoms with E-state index >= 15 is 0 Å². The van der Waals surface area contributed by atoms with Crippen LogP contribution in [0.3, 0.4) is 0 Å². The fourth-order valence-corrected chi connectivity index (χ4v) is 1.40. The van der Waals surface area contributed by atoms with Gasteiger partial charge in [0.05, 0.1) is 11.5 Å². The van der Waals surface area contributed by atoms with Crippen molar-refractivity contribution in [1.82, 2.24) is 0 Å². The van der Waals surface area contributed by atoms with Crippen molar-refractivity contribution in [3.63, 3.8) is 0 Å². The lowest BCUT2D eigenvalue weighted by molar-refractivity contribution is -0.140. The van der Waals surface area contributed by atoms with Crippen molar-refractivity contribution in [3.8, 4) is 0 Å². The lowest BCUT2D eigenvalue weighted by Crippen LogP contribution is -2.21. The Balaban J connectivity index is 2.85. The maximum atomic E-state index is 11.1. The number of anilines is 1. The summed E-state index contributed by atoms with van der Waals surface area (Å²) in [4.78, 5) is 21.8. The van der Waals surface area contributed by atoms with Crippen LogP contribution in [0.2, 0.25) is 5.02 Å². The summed E-state index contributed by atoms with van der Waals surface area (Å²) in [5, 5.41) is 12.0. The highest BCUT2D eigenvalue weighted by Gasteiger charge is 2.13. The number of carbonyl (C=O) groups is 2. The molecule has 1 amide bonds. The summed E-state index contributed by atoms with van der Waals surface area (Å²) in [6.07, 6.45) is 0. The predicted molar refractivity (Wildman–Crippen MR) is 65.3 cm³/mol. The molecule has 92 valence electrons. The number of aliphatic carboxylic acids is 1. The van der Waals surface area contributed by atoms with Gasteiger partial charge in [0.2, 0.25) is 0 Å². The van der Waals surface area contributed by atoms with Crippen molar-refractivity contribution in [1.29, 1.82) is 0 Å². The minimum Gasteiger partial charge on any atom is -0.481 e. The van der Waals surface area contributed by atoms with E-state index in [2.05, 4.69) is 5.32 Å². The van der Waals surface area contributed by atoms with Gasteiger partial charge in [-0.2, -0.15) is 0 Å². The standard InChI is InChI=1S/C11H13ClN2O3/c1-6(11(16)17)5-14-9-4-7(12)2-3-8(9)10(13)15/h2-4,6,14H,5H2,1H3,(H2,13,15)(H,16,17). The zero-order chi connectivity index (χ0) is 13.0. The summed E-state index contributed by atoms with van der Waals surface area (Å²) in [6, 6.07) is 4.59. The first-order valence-electron chi connectivity index (χ1n) is 4.98. The second-order valence-corrected chi connectivity index (χ2v) is 4.11. The van der Waals surface area contributed by atoms with Crippen LogP contribution in [0.5, 0.6) is 0 Å². The third kappa shape index (κ3) is 3.64. The van der Waals surface area contributed by atoms with E-state index in [4.69, 9.17) is 22.4 Å². The average Bonchev–Trinajstić information content (AvgIpc) is 2.25. The quantitative estimate of drug-likeness (QED) is 0.746. The number of rotatable bonds is 5. The SMILES string of the molecule is CC(CNc1cc(Cl)ccc1C(N)=O)C(=O)O. The van der Waals surface area contributed by atoms with Crippen molar-refractivity contribution >= 4 is 29.2 Å². The number of nitrogens with one attached hydrogen (secondary N) is 1. The molecule has 5 nitrogen and oxygen atoms in total. The van der Waals surface area contributed by atoms with E-state index in [1.54, 1.807) is 13.0 Å². The number of carboxylic acid groups (broad SMARTS) is 1. The van der Waals surface area contributed by atoms with Crippen molar-refractivity contribution < 1.29 is 14.7 Å². The number of hydrogen-bond donors (Lipinski definition) is 3. The van der Waals surface area contributed by atoms with Gasteiger partial charge in [-0.25, -0.2) is 0 Å². The smallest absolute Gasteiger partial charge is 0.308 e. The molecule has 1 rings (SSSR count). The van der Waals surface area contributed by atoms with E-state index in [1.165, 1.54) is 12.1 Å². The fourth-order valence-electron chi connectivity index (χ4n) is 1.23. The maximum absolute atomic E-state index is 11.1. The molecule has 6 heteroatoms. The Morgan fingerprint density at radius 3 is 2.71 bits per heavy atom. The van der Waals surface area contributed by atoms with Gasteiger partial charge in [0.15, 0.2) is 0 Å². The van der Waals surface area contributed by atoms with Crippen LogP contribution in [0, 0.1) is 5.92 Å². The van der Waals surface area contributed by atoms with Crippen molar-refractivity contribution in [3.05, 3.63) is 28.8 Å². The number of hydrogen-bond acceptors (Lipinski definition) is 3. The van der Waals surface area contributed by atoms with Crippen LogP contribution in [0.25, 0.3) is 0 Å². The Morgan fingerprint density at radius 2 is 2.18 bits per heavy atom. The number of benzene rings is 1. The van der Waals surface area contributed by atoms with Gasteiger partial charge in [-0.3, -0.25) is 9.59 Å². The number of carboxylic acids is 1. The molecule has 17 heavy (non-hydrogen) atoms. The molecule has 1 aromatic rings. The molecule has 0 bridgehead atoms. The molecule has 0 aliphatic heterocycles. The molecule has 0 saturated carbocycles. The van der Waals surface area contributed by atoms with Crippen molar-refractivity contribution in [2.75, 3.05) is 11.9 Å². The van der Waals surface area contributed by atoms with Crippen LogP contribution in [0.4, 0.5) is 5.69 Å². The van der Waals surface area contributed by atoms with E-state index < -0.39 is 17.8 Å². The highest BCUT2D eigenvalue weighted by atomic mass is 35.5. The zero-order valence-electron chi connectivity index (χ0n) is 9.24. The van der Waals surface area contributed by atoms with Crippen molar-refractivity contribution in [2.45, 2.75) is 6.92 Å². The van der Waals surface area contributed by atoms with Crippen LogP contribution in [0.1, 0.15) is 17.3 Å². The topological polar surface area (TPSA) is 92.4 Å². The summed E-state index contributed by atoms with van der Waals surface area (Å²) >= 11 is 5.79. The molecule has 0 heterocycles. The maximum Gasteiger partial charge on any atom is 0.308 e. The zero-order valence-corrected chi connectivity index (χ0v) is 9.99. The van der Waals surface area contributed by atoms with E-state index in [1.807, 2.05) is 0 Å². The minimum absolute atomic E-state index is 0.190. The Hall–Kier alpha value is -1.75. The molecule has 0 saturated heterocycles. The van der Waals surface area contributed by atoms with Crippen LogP contribution < -0.4 is 11.1 Å². The molecule has 0 aromatic heterocycles. The highest BCUT2D eigenvalue weighted by Crippen LogP contribution is 2.21. The predicted octanol–water partition coefficient (Wildman–Crippen LogP) is 1.57. The molecule has 4 N–H and O–H groups in total. The van der Waals surface area contributed by atoms with Gasteiger partial charge < -0.3 is 16.2 Å². The van der Waals surface area contributed by atoms with E-state index in [-0.39, 0.29) is 12.1 Å². The van der Waals surface area contributed by atoms with Gasteiger partial charge in [0.1, 0.15) is 0 Å². The van der Waals surface area contributed by atoms with Crippen molar-refractivity contribution in [2.24, 2.45) is 11.7 Å². The first kappa shape index (κ1) is 13.3. The van der Waals surface area contributed by atoms with Gasteiger partial charge in [-0.05, 0) is 18.2 Å². The Labute approximate surface area is 104 Å². The van der Waals surface area contributed by atoms with Crippen LogP contribution in [0.15, 0.2) is 18.2 Å². The van der Waals surface area contributed by atoms with Crippen LogP contribution in [-0.4, -0.2) is 23.5 Å². The number of nitrogens with two attached hydrogens (primary N) is 1.